The Balaban J connectivity index is 2.07. The third-order valence-corrected chi connectivity index (χ3v) is 4.17. The van der Waals surface area contributed by atoms with Gasteiger partial charge in [0, 0.05) is 19.2 Å². The highest BCUT2D eigenvalue weighted by molar-refractivity contribution is 6.42. The first-order valence-corrected chi connectivity index (χ1v) is 7.13. The van der Waals surface area contributed by atoms with Crippen LogP contribution in [0, 0.1) is 5.92 Å². The lowest BCUT2D eigenvalue weighted by Crippen LogP contribution is -2.34. The van der Waals surface area contributed by atoms with Crippen LogP contribution in [0.5, 0.6) is 0 Å². The molecule has 2 nitrogen and oxygen atoms in total. The Kier molecular flexibility index (Phi) is 4.91. The minimum atomic E-state index is 0.0588. The quantitative estimate of drug-likeness (QED) is 0.885. The molecule has 0 bridgehead atoms. The molecule has 0 aromatic heterocycles. The predicted octanol–water partition coefficient (Wildman–Crippen LogP) is 4.07. The Morgan fingerprint density at radius 1 is 1.28 bits per heavy atom. The highest BCUT2D eigenvalue weighted by Crippen LogP contribution is 2.28. The van der Waals surface area contributed by atoms with Crippen molar-refractivity contribution in [2.45, 2.75) is 32.4 Å². The monoisotopic (exact) mass is 287 g/mol. The molecule has 4 heteroatoms. The summed E-state index contributed by atoms with van der Waals surface area (Å²) < 4.78 is 5.90. The number of halogens is 2. The minimum absolute atomic E-state index is 0.0588. The van der Waals surface area contributed by atoms with Gasteiger partial charge in [0.25, 0.3) is 0 Å². The Bertz CT molecular complexity index is 409. The zero-order chi connectivity index (χ0) is 13.1. The maximum atomic E-state index is 6.05. The van der Waals surface area contributed by atoms with Crippen LogP contribution in [-0.4, -0.2) is 19.2 Å². The second-order valence-corrected chi connectivity index (χ2v) is 5.89. The Hall–Kier alpha value is -0.280. The number of hydrogen-bond acceptors (Lipinski definition) is 2. The molecule has 1 N–H and O–H groups in total. The van der Waals surface area contributed by atoms with Gasteiger partial charge in [0.1, 0.15) is 0 Å². The van der Waals surface area contributed by atoms with Crippen molar-refractivity contribution in [1.82, 2.24) is 5.32 Å². The molecule has 0 radical (unpaired) electrons. The first kappa shape index (κ1) is 14.1. The molecule has 100 valence electrons. The minimum Gasteiger partial charge on any atom is -0.372 e. The molecule has 18 heavy (non-hydrogen) atoms. The van der Waals surface area contributed by atoms with Crippen molar-refractivity contribution in [3.05, 3.63) is 33.8 Å². The zero-order valence-corrected chi connectivity index (χ0v) is 12.3. The molecule has 1 fully saturated rings. The van der Waals surface area contributed by atoms with Crippen molar-refractivity contribution in [3.8, 4) is 0 Å². The summed E-state index contributed by atoms with van der Waals surface area (Å²) in [5, 5.41) is 4.73. The van der Waals surface area contributed by atoms with Gasteiger partial charge < -0.3 is 10.1 Å². The molecule has 1 aliphatic rings. The average Bonchev–Trinajstić information content (AvgIpc) is 2.58. The summed E-state index contributed by atoms with van der Waals surface area (Å²) in [7, 11) is 0. The highest BCUT2D eigenvalue weighted by atomic mass is 35.5. The van der Waals surface area contributed by atoms with E-state index in [1.54, 1.807) is 0 Å². The zero-order valence-electron chi connectivity index (χ0n) is 10.7. The lowest BCUT2D eigenvalue weighted by atomic mass is 10.0. The fraction of sp³-hybridized carbons (Fsp3) is 0.571. The number of nitrogens with one attached hydrogen (secondary N) is 1. The number of rotatable bonds is 2. The second kappa shape index (κ2) is 6.25. The van der Waals surface area contributed by atoms with Crippen molar-refractivity contribution in [3.63, 3.8) is 0 Å². The number of ether oxygens (including phenoxy) is 1. The maximum Gasteiger partial charge on any atom is 0.0949 e. The molecule has 1 aromatic rings. The third kappa shape index (κ3) is 3.39. The van der Waals surface area contributed by atoms with E-state index < -0.39 is 0 Å². The van der Waals surface area contributed by atoms with Crippen molar-refractivity contribution >= 4 is 23.2 Å². The summed E-state index contributed by atoms with van der Waals surface area (Å²) in [4.78, 5) is 0. The SMILES string of the molecule is CC(C)C1CCOC(c2ccc(Cl)c(Cl)c2)CN1. The molecule has 2 rings (SSSR count). The molecule has 0 spiro atoms. The van der Waals surface area contributed by atoms with E-state index in [4.69, 9.17) is 27.9 Å². The Labute approximate surface area is 119 Å². The van der Waals surface area contributed by atoms with Gasteiger partial charge in [-0.25, -0.2) is 0 Å². The summed E-state index contributed by atoms with van der Waals surface area (Å²) in [5.41, 5.74) is 1.08. The molecular weight excluding hydrogens is 269 g/mol. The van der Waals surface area contributed by atoms with Gasteiger partial charge in [0.15, 0.2) is 0 Å². The molecule has 0 amide bonds. The molecule has 2 unspecified atom stereocenters. The van der Waals surface area contributed by atoms with E-state index in [1.165, 1.54) is 0 Å². The maximum absolute atomic E-state index is 6.05. The van der Waals surface area contributed by atoms with E-state index in [1.807, 2.05) is 18.2 Å². The van der Waals surface area contributed by atoms with Crippen LogP contribution in [0.1, 0.15) is 31.9 Å². The molecule has 0 saturated carbocycles. The van der Waals surface area contributed by atoms with Gasteiger partial charge in [-0.2, -0.15) is 0 Å². The van der Waals surface area contributed by atoms with Gasteiger partial charge in [0.2, 0.25) is 0 Å². The molecule has 2 atom stereocenters. The van der Waals surface area contributed by atoms with Gasteiger partial charge in [-0.15, -0.1) is 0 Å². The van der Waals surface area contributed by atoms with Gasteiger partial charge in [-0.05, 0) is 30.0 Å². The van der Waals surface area contributed by atoms with Crippen molar-refractivity contribution in [2.75, 3.05) is 13.2 Å². The third-order valence-electron chi connectivity index (χ3n) is 3.43. The molecule has 0 aliphatic carbocycles. The first-order chi connectivity index (χ1) is 8.58. The van der Waals surface area contributed by atoms with E-state index in [0.29, 0.717) is 22.0 Å². The first-order valence-electron chi connectivity index (χ1n) is 6.38. The lowest BCUT2D eigenvalue weighted by Gasteiger charge is -2.20. The van der Waals surface area contributed by atoms with E-state index >= 15 is 0 Å². The standard InChI is InChI=1S/C14H19Cl2NO/c1-9(2)13-5-6-18-14(8-17-13)10-3-4-11(15)12(16)7-10/h3-4,7,9,13-14,17H,5-6,8H2,1-2H3. The van der Waals surface area contributed by atoms with Gasteiger partial charge >= 0.3 is 0 Å². The summed E-state index contributed by atoms with van der Waals surface area (Å²) >= 11 is 12.0. The van der Waals surface area contributed by atoms with Gasteiger partial charge in [0.05, 0.1) is 16.1 Å². The van der Waals surface area contributed by atoms with Crippen LogP contribution < -0.4 is 5.32 Å². The number of hydrogen-bond donors (Lipinski definition) is 1. The number of benzene rings is 1. The van der Waals surface area contributed by atoms with E-state index in [-0.39, 0.29) is 6.10 Å². The average molecular weight is 288 g/mol. The molecule has 1 aromatic carbocycles. The predicted molar refractivity (Wildman–Crippen MR) is 76.4 cm³/mol. The van der Waals surface area contributed by atoms with E-state index in [0.717, 1.165) is 25.1 Å². The van der Waals surface area contributed by atoms with Crippen LogP contribution in [-0.2, 0) is 4.74 Å². The fourth-order valence-corrected chi connectivity index (χ4v) is 2.56. The van der Waals surface area contributed by atoms with Gasteiger partial charge in [-0.3, -0.25) is 0 Å². The Morgan fingerprint density at radius 2 is 2.06 bits per heavy atom. The second-order valence-electron chi connectivity index (χ2n) is 5.08. The van der Waals surface area contributed by atoms with Crippen LogP contribution in [0.4, 0.5) is 0 Å². The summed E-state index contributed by atoms with van der Waals surface area (Å²) in [5.74, 6) is 0.626. The normalized spacial score (nSPS) is 25.2. The molecular formula is C14H19Cl2NO. The van der Waals surface area contributed by atoms with Crippen LogP contribution >= 0.6 is 23.2 Å². The van der Waals surface area contributed by atoms with Crippen LogP contribution in [0.2, 0.25) is 10.0 Å². The summed E-state index contributed by atoms with van der Waals surface area (Å²) in [6, 6.07) is 6.23. The molecule has 1 saturated heterocycles. The van der Waals surface area contributed by atoms with E-state index in [9.17, 15) is 0 Å². The van der Waals surface area contributed by atoms with Crippen molar-refractivity contribution < 1.29 is 4.74 Å². The largest absolute Gasteiger partial charge is 0.372 e. The highest BCUT2D eigenvalue weighted by Gasteiger charge is 2.22. The fourth-order valence-electron chi connectivity index (χ4n) is 2.25. The van der Waals surface area contributed by atoms with E-state index in [2.05, 4.69) is 19.2 Å². The molecule has 1 aliphatic heterocycles. The van der Waals surface area contributed by atoms with Crippen molar-refractivity contribution in [1.29, 1.82) is 0 Å². The molecule has 1 heterocycles. The van der Waals surface area contributed by atoms with Crippen LogP contribution in [0.25, 0.3) is 0 Å². The summed E-state index contributed by atoms with van der Waals surface area (Å²) in [6.45, 7) is 6.07. The van der Waals surface area contributed by atoms with Crippen LogP contribution in [0.3, 0.4) is 0 Å². The topological polar surface area (TPSA) is 21.3 Å². The lowest BCUT2D eigenvalue weighted by molar-refractivity contribution is 0.0660. The Morgan fingerprint density at radius 3 is 2.72 bits per heavy atom. The van der Waals surface area contributed by atoms with Crippen molar-refractivity contribution in [2.24, 2.45) is 5.92 Å². The van der Waals surface area contributed by atoms with Gasteiger partial charge in [-0.1, -0.05) is 43.1 Å². The van der Waals surface area contributed by atoms with Crippen LogP contribution in [0.15, 0.2) is 18.2 Å². The summed E-state index contributed by atoms with van der Waals surface area (Å²) in [6.07, 6.45) is 1.11. The smallest absolute Gasteiger partial charge is 0.0949 e.